The first-order valence-electron chi connectivity index (χ1n) is 7.60. The van der Waals surface area contributed by atoms with E-state index in [-0.39, 0.29) is 0 Å². The van der Waals surface area contributed by atoms with Crippen LogP contribution in [0.4, 0.5) is 0 Å². The van der Waals surface area contributed by atoms with Crippen molar-refractivity contribution in [3.63, 3.8) is 0 Å². The average molecular weight is 277 g/mol. The first-order chi connectivity index (χ1) is 9.61. The number of nitrogens with zero attached hydrogens (tertiary/aromatic N) is 4. The molecule has 112 valence electrons. The van der Waals surface area contributed by atoms with Gasteiger partial charge in [-0.1, -0.05) is 13.8 Å². The molecule has 1 aliphatic rings. The van der Waals surface area contributed by atoms with Gasteiger partial charge in [-0.15, -0.1) is 0 Å². The summed E-state index contributed by atoms with van der Waals surface area (Å²) in [5.41, 5.74) is 0.410. The SMILES string of the molecule is CCNC(=NCCCn1ccnc1)N1CCC(C)(C)C1. The number of aliphatic imine (C=N–C) groups is 1. The molecule has 0 bridgehead atoms. The van der Waals surface area contributed by atoms with Gasteiger partial charge in [-0.25, -0.2) is 4.98 Å². The second-order valence-electron chi connectivity index (χ2n) is 6.23. The van der Waals surface area contributed by atoms with Crippen LogP contribution in [0.15, 0.2) is 23.7 Å². The third-order valence-corrected chi connectivity index (χ3v) is 3.71. The molecule has 0 amide bonds. The summed E-state index contributed by atoms with van der Waals surface area (Å²) in [5.74, 6) is 1.07. The number of aryl methyl sites for hydroxylation is 1. The molecule has 0 aromatic carbocycles. The summed E-state index contributed by atoms with van der Waals surface area (Å²) >= 11 is 0. The summed E-state index contributed by atoms with van der Waals surface area (Å²) < 4.78 is 2.10. The Morgan fingerprint density at radius 2 is 2.30 bits per heavy atom. The quantitative estimate of drug-likeness (QED) is 0.508. The molecular formula is C15H27N5. The van der Waals surface area contributed by atoms with E-state index < -0.39 is 0 Å². The van der Waals surface area contributed by atoms with Crippen LogP contribution in [0, 0.1) is 5.41 Å². The Kier molecular flexibility index (Phi) is 5.04. The van der Waals surface area contributed by atoms with Crippen LogP contribution in [0.2, 0.25) is 0 Å². The van der Waals surface area contributed by atoms with Gasteiger partial charge in [0.2, 0.25) is 0 Å². The third-order valence-electron chi connectivity index (χ3n) is 3.71. The van der Waals surface area contributed by atoms with E-state index >= 15 is 0 Å². The lowest BCUT2D eigenvalue weighted by Gasteiger charge is -2.23. The molecule has 0 aliphatic carbocycles. The topological polar surface area (TPSA) is 45.5 Å². The van der Waals surface area contributed by atoms with Crippen molar-refractivity contribution in [2.75, 3.05) is 26.2 Å². The Hall–Kier alpha value is -1.52. The zero-order valence-electron chi connectivity index (χ0n) is 13.0. The van der Waals surface area contributed by atoms with Gasteiger partial charge in [0, 0.05) is 45.1 Å². The summed E-state index contributed by atoms with van der Waals surface area (Å²) in [4.78, 5) is 11.2. The van der Waals surface area contributed by atoms with E-state index in [1.165, 1.54) is 6.42 Å². The Labute approximate surface area is 122 Å². The van der Waals surface area contributed by atoms with E-state index in [0.717, 1.165) is 45.1 Å². The van der Waals surface area contributed by atoms with Crippen molar-refractivity contribution in [1.29, 1.82) is 0 Å². The summed E-state index contributed by atoms with van der Waals surface area (Å²) in [6.07, 6.45) is 7.96. The monoisotopic (exact) mass is 277 g/mol. The van der Waals surface area contributed by atoms with Crippen molar-refractivity contribution in [2.24, 2.45) is 10.4 Å². The summed E-state index contributed by atoms with van der Waals surface area (Å²) in [7, 11) is 0. The van der Waals surface area contributed by atoms with Crippen LogP contribution < -0.4 is 5.32 Å². The van der Waals surface area contributed by atoms with Gasteiger partial charge in [-0.05, 0) is 25.2 Å². The lowest BCUT2D eigenvalue weighted by Crippen LogP contribution is -2.40. The average Bonchev–Trinajstić information content (AvgIpc) is 3.02. The van der Waals surface area contributed by atoms with Crippen molar-refractivity contribution in [3.8, 4) is 0 Å². The van der Waals surface area contributed by atoms with Gasteiger partial charge < -0.3 is 14.8 Å². The van der Waals surface area contributed by atoms with E-state index in [0.29, 0.717) is 5.41 Å². The smallest absolute Gasteiger partial charge is 0.193 e. The zero-order chi connectivity index (χ0) is 14.4. The van der Waals surface area contributed by atoms with Crippen LogP contribution in [0.25, 0.3) is 0 Å². The van der Waals surface area contributed by atoms with Crippen molar-refractivity contribution in [1.82, 2.24) is 19.8 Å². The van der Waals surface area contributed by atoms with E-state index in [4.69, 9.17) is 4.99 Å². The molecule has 2 heterocycles. The maximum atomic E-state index is 4.76. The Balaban J connectivity index is 1.83. The minimum absolute atomic E-state index is 0.410. The van der Waals surface area contributed by atoms with Crippen molar-refractivity contribution >= 4 is 5.96 Å². The normalized spacial score (nSPS) is 18.6. The largest absolute Gasteiger partial charge is 0.357 e. The van der Waals surface area contributed by atoms with Crippen molar-refractivity contribution < 1.29 is 0 Å². The fourth-order valence-corrected chi connectivity index (χ4v) is 2.58. The molecular weight excluding hydrogens is 250 g/mol. The highest BCUT2D eigenvalue weighted by Crippen LogP contribution is 2.28. The fraction of sp³-hybridized carbons (Fsp3) is 0.733. The van der Waals surface area contributed by atoms with Crippen LogP contribution in [0.1, 0.15) is 33.6 Å². The molecule has 1 N–H and O–H groups in total. The Bertz CT molecular complexity index is 421. The summed E-state index contributed by atoms with van der Waals surface area (Å²) in [5, 5.41) is 3.41. The number of likely N-dealkylation sites (tertiary alicyclic amines) is 1. The molecule has 1 aliphatic heterocycles. The third kappa shape index (κ3) is 4.25. The Morgan fingerprint density at radius 1 is 1.45 bits per heavy atom. The van der Waals surface area contributed by atoms with Crippen LogP contribution in [-0.2, 0) is 6.54 Å². The molecule has 5 heteroatoms. The van der Waals surface area contributed by atoms with Crippen molar-refractivity contribution in [2.45, 2.75) is 40.2 Å². The molecule has 0 unspecified atom stereocenters. The van der Waals surface area contributed by atoms with Crippen molar-refractivity contribution in [3.05, 3.63) is 18.7 Å². The zero-order valence-corrected chi connectivity index (χ0v) is 13.0. The van der Waals surface area contributed by atoms with Gasteiger partial charge >= 0.3 is 0 Å². The lowest BCUT2D eigenvalue weighted by atomic mass is 9.93. The van der Waals surface area contributed by atoms with E-state index in [1.807, 2.05) is 18.7 Å². The number of hydrogen-bond donors (Lipinski definition) is 1. The Morgan fingerprint density at radius 3 is 2.90 bits per heavy atom. The molecule has 2 rings (SSSR count). The predicted molar refractivity (Wildman–Crippen MR) is 82.8 cm³/mol. The number of nitrogens with one attached hydrogen (secondary N) is 1. The minimum atomic E-state index is 0.410. The second-order valence-corrected chi connectivity index (χ2v) is 6.23. The second kappa shape index (κ2) is 6.77. The van der Waals surface area contributed by atoms with Gasteiger partial charge in [0.1, 0.15) is 0 Å². The van der Waals surface area contributed by atoms with Crippen LogP contribution in [0.3, 0.4) is 0 Å². The van der Waals surface area contributed by atoms with Crippen LogP contribution in [0.5, 0.6) is 0 Å². The number of guanidine groups is 1. The highest BCUT2D eigenvalue weighted by Gasteiger charge is 2.30. The van der Waals surface area contributed by atoms with E-state index in [2.05, 4.69) is 40.5 Å². The van der Waals surface area contributed by atoms with Crippen LogP contribution >= 0.6 is 0 Å². The molecule has 1 aromatic rings. The minimum Gasteiger partial charge on any atom is -0.357 e. The first kappa shape index (κ1) is 14.9. The van der Waals surface area contributed by atoms with E-state index in [1.54, 1.807) is 0 Å². The van der Waals surface area contributed by atoms with Gasteiger partial charge in [0.05, 0.1) is 6.33 Å². The summed E-state index contributed by atoms with van der Waals surface area (Å²) in [6.45, 7) is 11.8. The summed E-state index contributed by atoms with van der Waals surface area (Å²) in [6, 6.07) is 0. The van der Waals surface area contributed by atoms with Gasteiger partial charge in [0.15, 0.2) is 5.96 Å². The first-order valence-corrected chi connectivity index (χ1v) is 7.60. The number of hydrogen-bond acceptors (Lipinski definition) is 2. The lowest BCUT2D eigenvalue weighted by molar-refractivity contribution is 0.370. The maximum absolute atomic E-state index is 4.76. The molecule has 0 saturated carbocycles. The predicted octanol–water partition coefficient (Wildman–Crippen LogP) is 1.97. The van der Waals surface area contributed by atoms with Crippen LogP contribution in [-0.4, -0.2) is 46.6 Å². The van der Waals surface area contributed by atoms with Gasteiger partial charge in [-0.2, -0.15) is 0 Å². The number of rotatable bonds is 5. The highest BCUT2D eigenvalue weighted by atomic mass is 15.3. The fourth-order valence-electron chi connectivity index (χ4n) is 2.58. The molecule has 0 radical (unpaired) electrons. The number of aromatic nitrogens is 2. The molecule has 20 heavy (non-hydrogen) atoms. The van der Waals surface area contributed by atoms with E-state index in [9.17, 15) is 0 Å². The molecule has 0 spiro atoms. The standard InChI is InChI=1S/C15H27N5/c1-4-17-14(20-10-6-15(2,3)12-20)18-7-5-9-19-11-8-16-13-19/h8,11,13H,4-7,9-10,12H2,1-3H3,(H,17,18). The molecule has 0 atom stereocenters. The maximum Gasteiger partial charge on any atom is 0.193 e. The number of imidazole rings is 1. The molecule has 1 saturated heterocycles. The molecule has 5 nitrogen and oxygen atoms in total. The molecule has 1 aromatic heterocycles. The molecule has 1 fully saturated rings. The highest BCUT2D eigenvalue weighted by molar-refractivity contribution is 5.80. The van der Waals surface area contributed by atoms with Gasteiger partial charge in [0.25, 0.3) is 0 Å². The van der Waals surface area contributed by atoms with Gasteiger partial charge in [-0.3, -0.25) is 4.99 Å².